The molecule has 3 aliphatic rings. The third kappa shape index (κ3) is 4.54. The molecule has 8 aromatic carbocycles. The van der Waals surface area contributed by atoms with Crippen LogP contribution in [0.1, 0.15) is 74.9 Å². The Balaban J connectivity index is 1.13. The van der Waals surface area contributed by atoms with Gasteiger partial charge in [0, 0.05) is 38.4 Å². The van der Waals surface area contributed by atoms with E-state index in [9.17, 15) is 8.42 Å². The molecule has 0 saturated carbocycles. The van der Waals surface area contributed by atoms with Gasteiger partial charge in [0.05, 0.1) is 32.5 Å². The first-order valence-electron chi connectivity index (χ1n) is 20.2. The molecule has 0 unspecified atom stereocenters. The van der Waals surface area contributed by atoms with Crippen molar-refractivity contribution in [1.29, 1.82) is 0 Å². The average molecular weight is 773 g/mol. The molecule has 4 nitrogen and oxygen atoms in total. The van der Waals surface area contributed by atoms with Crippen LogP contribution in [0.3, 0.4) is 0 Å². The number of anilines is 6. The Labute approximate surface area is 340 Å². The van der Waals surface area contributed by atoms with Crippen molar-refractivity contribution in [1.82, 2.24) is 0 Å². The average Bonchev–Trinajstić information content (AvgIpc) is 3.23. The molecule has 0 atom stereocenters. The lowest BCUT2D eigenvalue weighted by molar-refractivity contribution is 0.555. The van der Waals surface area contributed by atoms with E-state index in [4.69, 9.17) is 0 Å². The number of sulfone groups is 1. The first kappa shape index (κ1) is 35.0. The van der Waals surface area contributed by atoms with Gasteiger partial charge in [-0.1, -0.05) is 151 Å². The molecule has 284 valence electrons. The largest absolute Gasteiger partial charge is 0.309 e. The Morgan fingerprint density at radius 1 is 0.379 bits per heavy atom. The highest BCUT2D eigenvalue weighted by molar-refractivity contribution is 7.91. The van der Waals surface area contributed by atoms with E-state index in [2.05, 4.69) is 185 Å². The summed E-state index contributed by atoms with van der Waals surface area (Å²) in [6, 6.07) is 55.4. The predicted molar refractivity (Wildman–Crippen MR) is 239 cm³/mol. The van der Waals surface area contributed by atoms with E-state index in [-0.39, 0.29) is 10.8 Å². The molecule has 0 fully saturated rings. The van der Waals surface area contributed by atoms with Crippen LogP contribution in [0, 0.1) is 0 Å². The molecule has 0 saturated heterocycles. The number of benzene rings is 8. The molecular weight excluding hydrogens is 729 g/mol. The van der Waals surface area contributed by atoms with Crippen molar-refractivity contribution in [3.63, 3.8) is 0 Å². The Bertz CT molecular complexity index is 2990. The number of hydrogen-bond acceptors (Lipinski definition) is 4. The van der Waals surface area contributed by atoms with E-state index < -0.39 is 15.3 Å². The smallest absolute Gasteiger partial charge is 0.207 e. The minimum atomic E-state index is -3.85. The fourth-order valence-corrected chi connectivity index (χ4v) is 12.4. The van der Waals surface area contributed by atoms with Crippen molar-refractivity contribution >= 4 is 65.5 Å². The summed E-state index contributed by atoms with van der Waals surface area (Å²) in [6.45, 7) is 13.6. The first-order chi connectivity index (χ1) is 27.8. The molecule has 0 aliphatic carbocycles. The summed E-state index contributed by atoms with van der Waals surface area (Å²) in [5, 5.41) is 4.67. The van der Waals surface area contributed by atoms with Gasteiger partial charge in [-0.15, -0.1) is 0 Å². The van der Waals surface area contributed by atoms with E-state index in [0.29, 0.717) is 9.79 Å². The summed E-state index contributed by atoms with van der Waals surface area (Å²) in [5.74, 6) is 0. The molecule has 11 rings (SSSR count). The second-order valence-electron chi connectivity index (χ2n) is 17.8. The number of rotatable bonds is 2. The fraction of sp³-hybridized carbons (Fsp3) is 0.170. The highest BCUT2D eigenvalue weighted by Crippen LogP contribution is 2.58. The summed E-state index contributed by atoms with van der Waals surface area (Å²) in [5.41, 5.74) is 11.7. The van der Waals surface area contributed by atoms with Crippen LogP contribution in [0.2, 0.25) is 0 Å². The summed E-state index contributed by atoms with van der Waals surface area (Å²) in [7, 11) is -3.85. The summed E-state index contributed by atoms with van der Waals surface area (Å²) < 4.78 is 29.7. The highest BCUT2D eigenvalue weighted by Gasteiger charge is 2.44. The molecule has 0 spiro atoms. The SMILES string of the molecule is CC1(C)c2cc(N3c4ccccc4C(C)(C)c4ccc5ccccc5c43)ccc2S(=O)(=O)c2ccc(N3c4ccccc4C(C)(C)c4ccc5ccccc5c43)cc21. The lowest BCUT2D eigenvalue weighted by Gasteiger charge is -2.44. The number of nitrogens with zero attached hydrogens (tertiary/aromatic N) is 2. The molecular formula is C53H44N2O2S. The van der Waals surface area contributed by atoms with Gasteiger partial charge in [0.1, 0.15) is 0 Å². The highest BCUT2D eigenvalue weighted by atomic mass is 32.2. The molecule has 8 aromatic rings. The van der Waals surface area contributed by atoms with Crippen LogP contribution >= 0.6 is 0 Å². The third-order valence-electron chi connectivity index (χ3n) is 13.6. The maximum absolute atomic E-state index is 14.8. The first-order valence-corrected chi connectivity index (χ1v) is 21.7. The van der Waals surface area contributed by atoms with Crippen LogP contribution in [0.25, 0.3) is 21.5 Å². The second-order valence-corrected chi connectivity index (χ2v) is 19.7. The van der Waals surface area contributed by atoms with E-state index in [1.54, 1.807) is 0 Å². The van der Waals surface area contributed by atoms with Crippen LogP contribution < -0.4 is 9.80 Å². The van der Waals surface area contributed by atoms with Gasteiger partial charge in [0.25, 0.3) is 0 Å². The van der Waals surface area contributed by atoms with Gasteiger partial charge in [-0.25, -0.2) is 8.42 Å². The number of para-hydroxylation sites is 2. The molecule has 0 aromatic heterocycles. The molecule has 5 heteroatoms. The topological polar surface area (TPSA) is 40.6 Å². The van der Waals surface area contributed by atoms with Gasteiger partial charge < -0.3 is 9.80 Å². The fourth-order valence-electron chi connectivity index (χ4n) is 10.5. The zero-order valence-corrected chi connectivity index (χ0v) is 34.4. The molecule has 3 heterocycles. The molecule has 0 N–H and O–H groups in total. The standard InChI is InChI=1S/C53H44N2O2S/c1-51(2)39-19-11-13-21-45(39)54(49-37-17-9-7-15-33(37)23-27-41(49)51)35-25-29-47-43(31-35)53(5,6)44-32-36(26-30-48(44)58(47,56)57)55-46-22-14-12-20-40(46)52(3,4)42-28-24-34-16-8-10-18-38(34)50(42)55/h7-32H,1-6H3. The number of hydrogen-bond donors (Lipinski definition) is 0. The van der Waals surface area contributed by atoms with Crippen molar-refractivity contribution in [2.24, 2.45) is 0 Å². The number of fused-ring (bicyclic) bond motifs is 10. The molecule has 58 heavy (non-hydrogen) atoms. The van der Waals surface area contributed by atoms with Crippen LogP contribution in [0.15, 0.2) is 168 Å². The van der Waals surface area contributed by atoms with Crippen LogP contribution in [0.4, 0.5) is 34.1 Å². The quantitative estimate of drug-likeness (QED) is 0.175. The maximum Gasteiger partial charge on any atom is 0.207 e. The van der Waals surface area contributed by atoms with Crippen molar-refractivity contribution in [3.05, 3.63) is 191 Å². The van der Waals surface area contributed by atoms with E-state index >= 15 is 0 Å². The Morgan fingerprint density at radius 3 is 1.21 bits per heavy atom. The molecule has 3 aliphatic heterocycles. The summed E-state index contributed by atoms with van der Waals surface area (Å²) >= 11 is 0. The van der Waals surface area contributed by atoms with Crippen molar-refractivity contribution in [3.8, 4) is 0 Å². The van der Waals surface area contributed by atoms with Crippen LogP contribution in [-0.4, -0.2) is 8.42 Å². The summed E-state index contributed by atoms with van der Waals surface area (Å²) in [6.07, 6.45) is 0. The van der Waals surface area contributed by atoms with Gasteiger partial charge in [0.2, 0.25) is 9.84 Å². The lowest BCUT2D eigenvalue weighted by atomic mass is 9.72. The van der Waals surface area contributed by atoms with Gasteiger partial charge in [0.15, 0.2) is 0 Å². The predicted octanol–water partition coefficient (Wildman–Crippen LogP) is 13.7. The van der Waals surface area contributed by atoms with Gasteiger partial charge in [-0.3, -0.25) is 0 Å². The Kier molecular flexibility index (Phi) is 7.07. The van der Waals surface area contributed by atoms with Crippen molar-refractivity contribution in [2.45, 2.75) is 67.6 Å². The van der Waals surface area contributed by atoms with Crippen molar-refractivity contribution in [2.75, 3.05) is 9.80 Å². The van der Waals surface area contributed by atoms with E-state index in [0.717, 1.165) is 45.3 Å². The van der Waals surface area contributed by atoms with Gasteiger partial charge in [-0.2, -0.15) is 0 Å². The van der Waals surface area contributed by atoms with Crippen LogP contribution in [-0.2, 0) is 26.1 Å². The molecule has 0 radical (unpaired) electrons. The normalized spacial score (nSPS) is 17.4. The second kappa shape index (κ2) is 11.7. The van der Waals surface area contributed by atoms with Gasteiger partial charge >= 0.3 is 0 Å². The summed E-state index contributed by atoms with van der Waals surface area (Å²) in [4.78, 5) is 5.46. The Hall–Kier alpha value is -6.17. The Morgan fingerprint density at radius 2 is 0.759 bits per heavy atom. The monoisotopic (exact) mass is 772 g/mol. The zero-order valence-electron chi connectivity index (χ0n) is 33.6. The minimum absolute atomic E-state index is 0.245. The zero-order chi connectivity index (χ0) is 39.9. The van der Waals surface area contributed by atoms with Gasteiger partial charge in [-0.05, 0) is 92.7 Å². The van der Waals surface area contributed by atoms with Crippen molar-refractivity contribution < 1.29 is 8.42 Å². The third-order valence-corrected chi connectivity index (χ3v) is 15.5. The lowest BCUT2D eigenvalue weighted by Crippen LogP contribution is -2.33. The minimum Gasteiger partial charge on any atom is -0.309 e. The molecule has 0 amide bonds. The molecule has 0 bridgehead atoms. The van der Waals surface area contributed by atoms with Crippen LogP contribution in [0.5, 0.6) is 0 Å². The van der Waals surface area contributed by atoms with E-state index in [1.807, 2.05) is 24.3 Å². The maximum atomic E-state index is 14.8. The van der Waals surface area contributed by atoms with E-state index in [1.165, 1.54) is 43.8 Å².